The van der Waals surface area contributed by atoms with Gasteiger partial charge in [0.15, 0.2) is 0 Å². The maximum absolute atomic E-state index is 12.9. The molecule has 3 heterocycles. The predicted molar refractivity (Wildman–Crippen MR) is 188 cm³/mol. The minimum absolute atomic E-state index is 0.0666. The molecule has 1 aliphatic rings. The van der Waals surface area contributed by atoms with E-state index in [1.54, 1.807) is 30.7 Å². The van der Waals surface area contributed by atoms with Crippen LogP contribution in [0.25, 0.3) is 11.3 Å². The molecule has 3 N–H and O–H groups in total. The van der Waals surface area contributed by atoms with E-state index >= 15 is 0 Å². The summed E-state index contributed by atoms with van der Waals surface area (Å²) >= 11 is 0. The molecule has 6 rings (SSSR count). The van der Waals surface area contributed by atoms with E-state index in [0.29, 0.717) is 17.2 Å². The van der Waals surface area contributed by atoms with E-state index in [0.717, 1.165) is 60.8 Å². The topological polar surface area (TPSA) is 141 Å². The SMILES string of the molecule is Cc1ccc(NC(=O)c2ccc(CN3CCN(C)CC3)cc2)cc1Nc1nccc(-c2cccnc2)n1.Cc1ccc(S(=O)(=O)O)cc1. The third-order valence-corrected chi connectivity index (χ3v) is 8.76. The van der Waals surface area contributed by atoms with Crippen molar-refractivity contribution in [2.45, 2.75) is 25.3 Å². The summed E-state index contributed by atoms with van der Waals surface area (Å²) in [6.07, 6.45) is 5.22. The summed E-state index contributed by atoms with van der Waals surface area (Å²) in [7, 11) is -1.86. The van der Waals surface area contributed by atoms with E-state index in [2.05, 4.69) is 42.4 Å². The van der Waals surface area contributed by atoms with Crippen molar-refractivity contribution in [1.82, 2.24) is 24.8 Å². The largest absolute Gasteiger partial charge is 0.324 e. The lowest BCUT2D eigenvalue weighted by atomic mass is 10.1. The first kappa shape index (κ1) is 34.3. The lowest BCUT2D eigenvalue weighted by molar-refractivity contribution is 0.102. The van der Waals surface area contributed by atoms with Gasteiger partial charge in [-0.25, -0.2) is 9.97 Å². The van der Waals surface area contributed by atoms with Crippen LogP contribution in [0.2, 0.25) is 0 Å². The number of pyridine rings is 1. The molecule has 0 aliphatic carbocycles. The van der Waals surface area contributed by atoms with Crippen LogP contribution in [0.4, 0.5) is 17.3 Å². The average Bonchev–Trinajstić information content (AvgIpc) is 3.08. The Bertz CT molecular complexity index is 1930. The second kappa shape index (κ2) is 15.7. The van der Waals surface area contributed by atoms with Gasteiger partial charge in [-0.1, -0.05) is 35.9 Å². The molecule has 0 radical (unpaired) electrons. The minimum atomic E-state index is -4.02. The molecule has 0 atom stereocenters. The lowest BCUT2D eigenvalue weighted by Crippen LogP contribution is -2.43. The molecular formula is C36H39N7O4S. The van der Waals surface area contributed by atoms with Crippen LogP contribution in [-0.4, -0.2) is 76.9 Å². The summed E-state index contributed by atoms with van der Waals surface area (Å²) in [6, 6.07) is 25.3. The maximum atomic E-state index is 12.9. The van der Waals surface area contributed by atoms with Crippen LogP contribution in [0.5, 0.6) is 0 Å². The molecule has 248 valence electrons. The second-order valence-corrected chi connectivity index (χ2v) is 13.1. The monoisotopic (exact) mass is 665 g/mol. The van der Waals surface area contributed by atoms with Crippen molar-refractivity contribution in [3.05, 3.63) is 126 Å². The Morgan fingerprint density at radius 1 is 0.896 bits per heavy atom. The van der Waals surface area contributed by atoms with Crippen molar-refractivity contribution in [2.75, 3.05) is 43.9 Å². The highest BCUT2D eigenvalue weighted by molar-refractivity contribution is 7.85. The normalized spacial score (nSPS) is 13.7. The highest BCUT2D eigenvalue weighted by atomic mass is 32.2. The Balaban J connectivity index is 0.000000349. The minimum Gasteiger partial charge on any atom is -0.324 e. The summed E-state index contributed by atoms with van der Waals surface area (Å²) in [5.74, 6) is 0.333. The highest BCUT2D eigenvalue weighted by Gasteiger charge is 2.15. The number of amides is 1. The van der Waals surface area contributed by atoms with Gasteiger partial charge >= 0.3 is 0 Å². The first-order valence-electron chi connectivity index (χ1n) is 15.5. The van der Waals surface area contributed by atoms with Gasteiger partial charge in [0, 0.05) is 73.8 Å². The van der Waals surface area contributed by atoms with Crippen molar-refractivity contribution < 1.29 is 17.8 Å². The Morgan fingerprint density at radius 3 is 2.29 bits per heavy atom. The highest BCUT2D eigenvalue weighted by Crippen LogP contribution is 2.25. The number of aryl methyl sites for hydroxylation is 2. The van der Waals surface area contributed by atoms with Gasteiger partial charge in [0.25, 0.3) is 16.0 Å². The van der Waals surface area contributed by atoms with Crippen LogP contribution in [-0.2, 0) is 16.7 Å². The van der Waals surface area contributed by atoms with Crippen molar-refractivity contribution in [3.63, 3.8) is 0 Å². The number of rotatable bonds is 8. The van der Waals surface area contributed by atoms with Gasteiger partial charge in [-0.2, -0.15) is 8.42 Å². The fraction of sp³-hybridized carbons (Fsp3) is 0.222. The molecule has 2 aromatic heterocycles. The lowest BCUT2D eigenvalue weighted by Gasteiger charge is -2.32. The van der Waals surface area contributed by atoms with Crippen molar-refractivity contribution in [3.8, 4) is 11.3 Å². The molecule has 1 aliphatic heterocycles. The van der Waals surface area contributed by atoms with Crippen LogP contribution in [0.3, 0.4) is 0 Å². The molecule has 12 heteroatoms. The molecule has 0 saturated carbocycles. The van der Waals surface area contributed by atoms with Gasteiger partial charge in [0.05, 0.1) is 10.6 Å². The molecule has 0 unspecified atom stereocenters. The van der Waals surface area contributed by atoms with Crippen LogP contribution >= 0.6 is 0 Å². The fourth-order valence-corrected chi connectivity index (χ4v) is 5.47. The zero-order chi connectivity index (χ0) is 34.1. The number of nitrogens with zero attached hydrogens (tertiary/aromatic N) is 5. The Morgan fingerprint density at radius 2 is 1.62 bits per heavy atom. The summed E-state index contributed by atoms with van der Waals surface area (Å²) in [6.45, 7) is 9.08. The van der Waals surface area contributed by atoms with Gasteiger partial charge in [0.2, 0.25) is 5.95 Å². The number of nitrogens with one attached hydrogen (secondary N) is 2. The van der Waals surface area contributed by atoms with Crippen LogP contribution in [0.1, 0.15) is 27.0 Å². The molecule has 5 aromatic rings. The number of hydrogen-bond donors (Lipinski definition) is 3. The molecule has 1 amide bonds. The van der Waals surface area contributed by atoms with E-state index < -0.39 is 10.1 Å². The molecule has 1 saturated heterocycles. The van der Waals surface area contributed by atoms with E-state index in [1.807, 2.05) is 74.5 Å². The summed E-state index contributed by atoms with van der Waals surface area (Å²) in [5.41, 5.74) is 7.04. The predicted octanol–water partition coefficient (Wildman–Crippen LogP) is 5.83. The molecule has 11 nitrogen and oxygen atoms in total. The third-order valence-electron chi connectivity index (χ3n) is 7.89. The number of piperazine rings is 1. The smallest absolute Gasteiger partial charge is 0.294 e. The third kappa shape index (κ3) is 9.75. The molecular weight excluding hydrogens is 627 g/mol. The van der Waals surface area contributed by atoms with Crippen molar-refractivity contribution in [2.24, 2.45) is 0 Å². The zero-order valence-electron chi connectivity index (χ0n) is 27.2. The zero-order valence-corrected chi connectivity index (χ0v) is 28.0. The summed E-state index contributed by atoms with van der Waals surface area (Å²) in [4.78, 5) is 30.8. The van der Waals surface area contributed by atoms with Gasteiger partial charge < -0.3 is 15.5 Å². The summed E-state index contributed by atoms with van der Waals surface area (Å²) in [5, 5.41) is 6.29. The van der Waals surface area contributed by atoms with E-state index in [4.69, 9.17) is 4.55 Å². The van der Waals surface area contributed by atoms with Gasteiger partial charge in [-0.05, 0) is 86.6 Å². The first-order chi connectivity index (χ1) is 23.0. The van der Waals surface area contributed by atoms with Crippen molar-refractivity contribution in [1.29, 1.82) is 0 Å². The maximum Gasteiger partial charge on any atom is 0.294 e. The molecule has 48 heavy (non-hydrogen) atoms. The van der Waals surface area contributed by atoms with Crippen molar-refractivity contribution >= 4 is 33.3 Å². The number of hydrogen-bond acceptors (Lipinski definition) is 9. The Hall–Kier alpha value is -5.01. The number of likely N-dealkylation sites (N-methyl/N-ethyl adjacent to an activating group) is 1. The number of aromatic nitrogens is 3. The Kier molecular flexibility index (Phi) is 11.2. The molecule has 0 bridgehead atoms. The first-order valence-corrected chi connectivity index (χ1v) is 16.9. The number of carbonyl (C=O) groups excluding carboxylic acids is 1. The van der Waals surface area contributed by atoms with Crippen LogP contribution in [0.15, 0.2) is 108 Å². The van der Waals surface area contributed by atoms with E-state index in [9.17, 15) is 13.2 Å². The van der Waals surface area contributed by atoms with E-state index in [1.165, 1.54) is 17.7 Å². The second-order valence-electron chi connectivity index (χ2n) is 11.7. The molecule has 0 spiro atoms. The van der Waals surface area contributed by atoms with Crippen LogP contribution < -0.4 is 10.6 Å². The number of carbonyl (C=O) groups is 1. The fourth-order valence-electron chi connectivity index (χ4n) is 4.99. The Labute approximate surface area is 281 Å². The van der Waals surface area contributed by atoms with E-state index in [-0.39, 0.29) is 10.8 Å². The van der Waals surface area contributed by atoms with Gasteiger partial charge in [0.1, 0.15) is 0 Å². The number of anilines is 3. The average molecular weight is 666 g/mol. The molecule has 1 fully saturated rings. The quantitative estimate of drug-likeness (QED) is 0.173. The summed E-state index contributed by atoms with van der Waals surface area (Å²) < 4.78 is 29.6. The number of benzene rings is 3. The van der Waals surface area contributed by atoms with Gasteiger partial charge in [-0.15, -0.1) is 0 Å². The standard InChI is InChI=1S/C29H31N7O.C7H8O3S/c1-21-5-10-25(18-27(21)34-29-31-13-11-26(33-29)24-4-3-12-30-19-24)32-28(37)23-8-6-22(7-9-23)20-36-16-14-35(2)15-17-36;1-6-2-4-7(5-3-6)11(8,9)10/h3-13,18-19H,14-17,20H2,1-2H3,(H,32,37)(H,31,33,34);2-5H,1H3,(H,8,9,10). The van der Waals surface area contributed by atoms with Gasteiger partial charge in [-0.3, -0.25) is 19.2 Å². The van der Waals surface area contributed by atoms with Crippen LogP contribution in [0, 0.1) is 13.8 Å². The molecule has 3 aromatic carbocycles.